The Morgan fingerprint density at radius 1 is 1.50 bits per heavy atom. The molecule has 0 aromatic heterocycles. The van der Waals surface area contributed by atoms with Crippen molar-refractivity contribution >= 4 is 21.6 Å². The van der Waals surface area contributed by atoms with Crippen LogP contribution in [-0.4, -0.2) is 30.4 Å². The van der Waals surface area contributed by atoms with Gasteiger partial charge in [0, 0.05) is 23.2 Å². The number of hydrogen-bond acceptors (Lipinski definition) is 3. The molecule has 20 heavy (non-hydrogen) atoms. The van der Waals surface area contributed by atoms with E-state index in [2.05, 4.69) is 6.58 Å². The Balaban J connectivity index is 2.52. The average Bonchev–Trinajstić information content (AvgIpc) is 3.22. The molecule has 0 bridgehead atoms. The second kappa shape index (κ2) is 5.81. The van der Waals surface area contributed by atoms with Crippen LogP contribution < -0.4 is 0 Å². The van der Waals surface area contributed by atoms with E-state index >= 15 is 0 Å². The lowest BCUT2D eigenvalue weighted by Gasteiger charge is -2.21. The van der Waals surface area contributed by atoms with Gasteiger partial charge in [0.1, 0.15) is 10.7 Å². The first-order valence-corrected chi connectivity index (χ1v) is 7.95. The van der Waals surface area contributed by atoms with Gasteiger partial charge in [-0.3, -0.25) is 0 Å². The molecule has 4 nitrogen and oxygen atoms in total. The van der Waals surface area contributed by atoms with Crippen molar-refractivity contribution in [3.63, 3.8) is 0 Å². The standard InChI is InChI=1S/C13H15ClFNO3S/c1-2-5-16(11-3-4-11)20(18,19)12-7-10(14)6-9(8-17)13(12)15/h2,6-7,11,17H,1,3-5,8H2. The zero-order valence-electron chi connectivity index (χ0n) is 10.7. The van der Waals surface area contributed by atoms with Crippen LogP contribution in [0.5, 0.6) is 0 Å². The fourth-order valence-corrected chi connectivity index (χ4v) is 4.08. The third-order valence-electron chi connectivity index (χ3n) is 3.10. The zero-order chi connectivity index (χ0) is 14.9. The van der Waals surface area contributed by atoms with Crippen LogP contribution in [0, 0.1) is 5.82 Å². The van der Waals surface area contributed by atoms with Crippen LogP contribution in [0.15, 0.2) is 29.7 Å². The topological polar surface area (TPSA) is 57.6 Å². The third kappa shape index (κ3) is 2.88. The first-order valence-electron chi connectivity index (χ1n) is 6.13. The summed E-state index contributed by atoms with van der Waals surface area (Å²) in [4.78, 5) is -0.497. The SMILES string of the molecule is C=CCN(C1CC1)S(=O)(=O)c1cc(Cl)cc(CO)c1F. The Morgan fingerprint density at radius 2 is 2.15 bits per heavy atom. The number of benzene rings is 1. The normalized spacial score (nSPS) is 15.6. The number of aliphatic hydroxyl groups is 1. The van der Waals surface area contributed by atoms with Crippen molar-refractivity contribution in [1.29, 1.82) is 0 Å². The van der Waals surface area contributed by atoms with Crippen molar-refractivity contribution in [2.24, 2.45) is 0 Å². The van der Waals surface area contributed by atoms with Gasteiger partial charge in [-0.2, -0.15) is 4.31 Å². The molecule has 1 N–H and O–H groups in total. The largest absolute Gasteiger partial charge is 0.392 e. The van der Waals surface area contributed by atoms with Gasteiger partial charge in [0.05, 0.1) is 6.61 Å². The molecular weight excluding hydrogens is 305 g/mol. The molecule has 1 aliphatic rings. The molecule has 0 amide bonds. The Labute approximate surface area is 122 Å². The van der Waals surface area contributed by atoms with E-state index in [0.717, 1.165) is 18.9 Å². The zero-order valence-corrected chi connectivity index (χ0v) is 12.3. The molecule has 1 fully saturated rings. The molecule has 1 aliphatic carbocycles. The second-order valence-corrected chi connectivity index (χ2v) is 6.93. The summed E-state index contributed by atoms with van der Waals surface area (Å²) < 4.78 is 40.5. The Hall–Kier alpha value is -0.950. The number of nitrogens with zero attached hydrogens (tertiary/aromatic N) is 1. The van der Waals surface area contributed by atoms with E-state index in [1.54, 1.807) is 0 Å². The summed E-state index contributed by atoms with van der Waals surface area (Å²) in [6.07, 6.45) is 2.97. The van der Waals surface area contributed by atoms with E-state index in [-0.39, 0.29) is 23.2 Å². The highest BCUT2D eigenvalue weighted by Gasteiger charge is 2.39. The average molecular weight is 320 g/mol. The summed E-state index contributed by atoms with van der Waals surface area (Å²) in [5, 5.41) is 9.15. The first kappa shape index (κ1) is 15.4. The van der Waals surface area contributed by atoms with Gasteiger partial charge in [0.25, 0.3) is 0 Å². The molecule has 0 aliphatic heterocycles. The molecule has 0 heterocycles. The number of hydrogen-bond donors (Lipinski definition) is 1. The Morgan fingerprint density at radius 3 is 2.65 bits per heavy atom. The van der Waals surface area contributed by atoms with E-state index in [4.69, 9.17) is 16.7 Å². The summed E-state index contributed by atoms with van der Waals surface area (Å²) in [7, 11) is -3.99. The van der Waals surface area contributed by atoms with Crippen molar-refractivity contribution in [3.8, 4) is 0 Å². The van der Waals surface area contributed by atoms with Crippen molar-refractivity contribution in [2.45, 2.75) is 30.4 Å². The lowest BCUT2D eigenvalue weighted by molar-refractivity contribution is 0.274. The van der Waals surface area contributed by atoms with Crippen LogP contribution >= 0.6 is 11.6 Å². The number of sulfonamides is 1. The van der Waals surface area contributed by atoms with Crippen molar-refractivity contribution in [2.75, 3.05) is 6.54 Å². The van der Waals surface area contributed by atoms with Gasteiger partial charge in [-0.1, -0.05) is 17.7 Å². The monoisotopic (exact) mass is 319 g/mol. The molecule has 1 aromatic carbocycles. The molecular formula is C13H15ClFNO3S. The van der Waals surface area contributed by atoms with Crippen LogP contribution in [-0.2, 0) is 16.6 Å². The minimum absolute atomic E-state index is 0.0726. The van der Waals surface area contributed by atoms with Crippen LogP contribution in [0.2, 0.25) is 5.02 Å². The highest BCUT2D eigenvalue weighted by molar-refractivity contribution is 7.89. The number of rotatable bonds is 6. The van der Waals surface area contributed by atoms with Gasteiger partial charge < -0.3 is 5.11 Å². The molecule has 1 aromatic rings. The minimum Gasteiger partial charge on any atom is -0.392 e. The van der Waals surface area contributed by atoms with E-state index in [1.807, 2.05) is 0 Å². The predicted octanol–water partition coefficient (Wildman–Crippen LogP) is 2.31. The fraction of sp³-hybridized carbons (Fsp3) is 0.385. The maximum Gasteiger partial charge on any atom is 0.246 e. The lowest BCUT2D eigenvalue weighted by atomic mass is 10.2. The van der Waals surface area contributed by atoms with Gasteiger partial charge in [0.2, 0.25) is 10.0 Å². The van der Waals surface area contributed by atoms with E-state index in [0.29, 0.717) is 0 Å². The lowest BCUT2D eigenvalue weighted by Crippen LogP contribution is -2.34. The first-order chi connectivity index (χ1) is 9.41. The minimum atomic E-state index is -3.99. The quantitative estimate of drug-likeness (QED) is 0.819. The summed E-state index contributed by atoms with van der Waals surface area (Å²) >= 11 is 5.80. The van der Waals surface area contributed by atoms with E-state index in [9.17, 15) is 12.8 Å². The summed E-state index contributed by atoms with van der Waals surface area (Å²) in [5.41, 5.74) is -0.134. The maximum absolute atomic E-state index is 14.2. The highest BCUT2D eigenvalue weighted by Crippen LogP contribution is 2.34. The van der Waals surface area contributed by atoms with Gasteiger partial charge in [-0.05, 0) is 25.0 Å². The van der Waals surface area contributed by atoms with Crippen LogP contribution in [0.4, 0.5) is 4.39 Å². The summed E-state index contributed by atoms with van der Waals surface area (Å²) in [6.45, 7) is 3.03. The van der Waals surface area contributed by atoms with Gasteiger partial charge in [0.15, 0.2) is 0 Å². The molecule has 1 saturated carbocycles. The smallest absolute Gasteiger partial charge is 0.246 e. The summed E-state index contributed by atoms with van der Waals surface area (Å²) in [6, 6.07) is 2.17. The Kier molecular flexibility index (Phi) is 4.49. The van der Waals surface area contributed by atoms with Crippen LogP contribution in [0.25, 0.3) is 0 Å². The van der Waals surface area contributed by atoms with Crippen LogP contribution in [0.3, 0.4) is 0 Å². The molecule has 0 atom stereocenters. The molecule has 0 spiro atoms. The molecule has 0 saturated heterocycles. The highest BCUT2D eigenvalue weighted by atomic mass is 35.5. The molecule has 0 unspecified atom stereocenters. The fourth-order valence-electron chi connectivity index (χ4n) is 1.98. The van der Waals surface area contributed by atoms with E-state index < -0.39 is 27.3 Å². The van der Waals surface area contributed by atoms with Crippen molar-refractivity contribution in [1.82, 2.24) is 4.31 Å². The number of halogens is 2. The molecule has 0 radical (unpaired) electrons. The van der Waals surface area contributed by atoms with Crippen molar-refractivity contribution < 1.29 is 17.9 Å². The van der Waals surface area contributed by atoms with Gasteiger partial charge in [-0.25, -0.2) is 12.8 Å². The number of aliphatic hydroxyl groups excluding tert-OH is 1. The summed E-state index contributed by atoms with van der Waals surface area (Å²) in [5.74, 6) is -0.952. The molecule has 7 heteroatoms. The Bertz CT molecular complexity index is 629. The van der Waals surface area contributed by atoms with Crippen LogP contribution in [0.1, 0.15) is 18.4 Å². The van der Waals surface area contributed by atoms with Crippen molar-refractivity contribution in [3.05, 3.63) is 41.2 Å². The molecule has 2 rings (SSSR count). The predicted molar refractivity (Wildman–Crippen MR) is 74.4 cm³/mol. The maximum atomic E-state index is 14.2. The van der Waals surface area contributed by atoms with E-state index in [1.165, 1.54) is 16.4 Å². The van der Waals surface area contributed by atoms with Gasteiger partial charge >= 0.3 is 0 Å². The second-order valence-electron chi connectivity index (χ2n) is 4.63. The molecule has 110 valence electrons. The third-order valence-corrected chi connectivity index (χ3v) is 5.24. The van der Waals surface area contributed by atoms with Gasteiger partial charge in [-0.15, -0.1) is 6.58 Å².